The number of carbonyl (C=O) groups excluding carboxylic acids is 1. The standard InChI is InChI=1S/C16H20Cl2N2O/c1-3-5-20-14-9-19(18)8-12(14)11-6-10(4-2)7-13(17)15(11)16(20)21/h6-7,12,14H,3-5,8-9H2,1-2H3/t12-,14+/m1/s1. The minimum atomic E-state index is 0.0627. The Bertz CT molecular complexity index is 576. The lowest BCUT2D eigenvalue weighted by molar-refractivity contribution is 0.0646. The van der Waals surface area contributed by atoms with Crippen LogP contribution in [0.5, 0.6) is 0 Å². The Hall–Kier alpha value is -0.770. The zero-order chi connectivity index (χ0) is 15.1. The summed E-state index contributed by atoms with van der Waals surface area (Å²) in [6.07, 6.45) is 1.86. The smallest absolute Gasteiger partial charge is 0.255 e. The van der Waals surface area contributed by atoms with E-state index >= 15 is 0 Å². The van der Waals surface area contributed by atoms with Crippen molar-refractivity contribution in [3.63, 3.8) is 0 Å². The van der Waals surface area contributed by atoms with E-state index in [0.29, 0.717) is 10.6 Å². The number of hydrogen-bond acceptors (Lipinski definition) is 2. The van der Waals surface area contributed by atoms with Gasteiger partial charge in [0.2, 0.25) is 0 Å². The average Bonchev–Trinajstić information content (AvgIpc) is 2.84. The maximum Gasteiger partial charge on any atom is 0.255 e. The summed E-state index contributed by atoms with van der Waals surface area (Å²) in [5, 5.41) is 0.585. The molecule has 1 aromatic carbocycles. The van der Waals surface area contributed by atoms with Gasteiger partial charge in [-0.3, -0.25) is 4.79 Å². The van der Waals surface area contributed by atoms with Gasteiger partial charge in [-0.1, -0.05) is 31.5 Å². The van der Waals surface area contributed by atoms with Gasteiger partial charge in [0.1, 0.15) is 0 Å². The van der Waals surface area contributed by atoms with E-state index in [2.05, 4.69) is 19.9 Å². The first kappa shape index (κ1) is 15.1. The molecule has 5 heteroatoms. The quantitative estimate of drug-likeness (QED) is 0.791. The molecule has 3 nitrogen and oxygen atoms in total. The summed E-state index contributed by atoms with van der Waals surface area (Å²) in [5.74, 6) is 0.332. The molecule has 3 rings (SSSR count). The third-order valence-corrected chi connectivity index (χ3v) is 5.15. The summed E-state index contributed by atoms with van der Waals surface area (Å²) in [6.45, 7) is 6.46. The molecule has 0 saturated carbocycles. The lowest BCUT2D eigenvalue weighted by Gasteiger charge is -2.38. The second-order valence-corrected chi connectivity index (χ2v) is 6.78. The highest BCUT2D eigenvalue weighted by atomic mass is 35.5. The number of aryl methyl sites for hydroxylation is 1. The van der Waals surface area contributed by atoms with Gasteiger partial charge in [-0.15, -0.1) is 0 Å². The summed E-state index contributed by atoms with van der Waals surface area (Å²) in [4.78, 5) is 14.8. The van der Waals surface area contributed by atoms with Gasteiger partial charge in [0, 0.05) is 25.6 Å². The van der Waals surface area contributed by atoms with Gasteiger partial charge >= 0.3 is 0 Å². The number of carbonyl (C=O) groups is 1. The van der Waals surface area contributed by atoms with Crippen LogP contribution in [-0.4, -0.2) is 40.9 Å². The van der Waals surface area contributed by atoms with Crippen molar-refractivity contribution in [2.45, 2.75) is 38.6 Å². The van der Waals surface area contributed by atoms with Gasteiger partial charge in [-0.25, -0.2) is 4.42 Å². The molecular formula is C16H20Cl2N2O. The van der Waals surface area contributed by atoms with E-state index in [0.717, 1.165) is 38.0 Å². The Kier molecular flexibility index (Phi) is 4.17. The molecule has 0 unspecified atom stereocenters. The molecule has 0 N–H and O–H groups in total. The van der Waals surface area contributed by atoms with Gasteiger partial charge in [-0.05, 0) is 41.8 Å². The van der Waals surface area contributed by atoms with Gasteiger partial charge in [-0.2, -0.15) is 0 Å². The largest absolute Gasteiger partial charge is 0.334 e. The van der Waals surface area contributed by atoms with Crippen LogP contribution in [0, 0.1) is 0 Å². The Labute approximate surface area is 135 Å². The number of halogens is 2. The maximum atomic E-state index is 12.9. The van der Waals surface area contributed by atoms with E-state index < -0.39 is 0 Å². The Morgan fingerprint density at radius 2 is 2.05 bits per heavy atom. The van der Waals surface area contributed by atoms with Crippen molar-refractivity contribution in [1.82, 2.24) is 9.32 Å². The van der Waals surface area contributed by atoms with Crippen LogP contribution in [0.25, 0.3) is 0 Å². The molecule has 0 aliphatic carbocycles. The Morgan fingerprint density at radius 3 is 2.71 bits per heavy atom. The van der Waals surface area contributed by atoms with Crippen LogP contribution >= 0.6 is 23.4 Å². The van der Waals surface area contributed by atoms with Crippen molar-refractivity contribution >= 4 is 29.3 Å². The van der Waals surface area contributed by atoms with Crippen LogP contribution in [-0.2, 0) is 6.42 Å². The SMILES string of the molecule is CCCN1C(=O)c2c(Cl)cc(CC)cc2[C@H]2CN(Cl)C[C@@H]21. The molecule has 0 radical (unpaired) electrons. The maximum absolute atomic E-state index is 12.9. The third-order valence-electron chi connectivity index (χ3n) is 4.57. The topological polar surface area (TPSA) is 23.6 Å². The van der Waals surface area contributed by atoms with E-state index in [1.165, 1.54) is 5.56 Å². The normalized spacial score (nSPS) is 25.1. The summed E-state index contributed by atoms with van der Waals surface area (Å²) < 4.78 is 1.80. The van der Waals surface area contributed by atoms with Crippen LogP contribution in [0.2, 0.25) is 5.02 Å². The number of fused-ring (bicyclic) bond motifs is 3. The first-order valence-electron chi connectivity index (χ1n) is 7.60. The summed E-state index contributed by atoms with van der Waals surface area (Å²) in [6, 6.07) is 4.25. The van der Waals surface area contributed by atoms with Crippen molar-refractivity contribution in [2.75, 3.05) is 19.6 Å². The van der Waals surface area contributed by atoms with Gasteiger partial charge in [0.05, 0.1) is 16.6 Å². The molecule has 0 aromatic heterocycles. The first-order chi connectivity index (χ1) is 10.1. The van der Waals surface area contributed by atoms with Crippen molar-refractivity contribution in [3.8, 4) is 0 Å². The zero-order valence-corrected chi connectivity index (χ0v) is 13.9. The number of amides is 1. The Morgan fingerprint density at radius 1 is 1.29 bits per heavy atom. The number of benzene rings is 1. The summed E-state index contributed by atoms with van der Waals surface area (Å²) in [5.41, 5.74) is 2.96. The molecule has 114 valence electrons. The van der Waals surface area contributed by atoms with E-state index in [1.807, 2.05) is 11.0 Å². The number of nitrogens with zero attached hydrogens (tertiary/aromatic N) is 2. The van der Waals surface area contributed by atoms with Crippen LogP contribution in [0.15, 0.2) is 12.1 Å². The average molecular weight is 327 g/mol. The van der Waals surface area contributed by atoms with Gasteiger partial charge < -0.3 is 4.90 Å². The van der Waals surface area contributed by atoms with Crippen molar-refractivity contribution in [2.24, 2.45) is 0 Å². The lowest BCUT2D eigenvalue weighted by atomic mass is 9.83. The summed E-state index contributed by atoms with van der Waals surface area (Å²) in [7, 11) is 0. The molecule has 1 amide bonds. The van der Waals surface area contributed by atoms with Gasteiger partial charge in [0.15, 0.2) is 0 Å². The molecule has 1 saturated heterocycles. The highest BCUT2D eigenvalue weighted by Crippen LogP contribution is 2.42. The van der Waals surface area contributed by atoms with E-state index in [4.69, 9.17) is 23.4 Å². The van der Waals surface area contributed by atoms with Crippen LogP contribution in [0.4, 0.5) is 0 Å². The molecule has 2 heterocycles. The van der Waals surface area contributed by atoms with Gasteiger partial charge in [0.25, 0.3) is 5.91 Å². The number of rotatable bonds is 3. The fraction of sp³-hybridized carbons (Fsp3) is 0.562. The number of hydrogen-bond donors (Lipinski definition) is 0. The molecule has 1 fully saturated rings. The minimum Gasteiger partial charge on any atom is -0.334 e. The minimum absolute atomic E-state index is 0.0627. The first-order valence-corrected chi connectivity index (χ1v) is 8.32. The molecule has 2 aliphatic heterocycles. The predicted molar refractivity (Wildman–Crippen MR) is 86.1 cm³/mol. The van der Waals surface area contributed by atoms with Crippen molar-refractivity contribution in [1.29, 1.82) is 0 Å². The Balaban J connectivity index is 2.13. The molecule has 0 bridgehead atoms. The second kappa shape index (κ2) is 5.79. The fourth-order valence-electron chi connectivity index (χ4n) is 3.57. The van der Waals surface area contributed by atoms with E-state index in [-0.39, 0.29) is 17.9 Å². The summed E-state index contributed by atoms with van der Waals surface area (Å²) >= 11 is 12.7. The fourth-order valence-corrected chi connectivity index (χ4v) is 4.19. The van der Waals surface area contributed by atoms with E-state index in [1.54, 1.807) is 4.42 Å². The highest BCUT2D eigenvalue weighted by molar-refractivity contribution is 6.34. The van der Waals surface area contributed by atoms with Crippen molar-refractivity contribution < 1.29 is 4.79 Å². The molecule has 2 atom stereocenters. The van der Waals surface area contributed by atoms with E-state index in [9.17, 15) is 4.79 Å². The van der Waals surface area contributed by atoms with Crippen LogP contribution in [0.3, 0.4) is 0 Å². The highest BCUT2D eigenvalue weighted by Gasteiger charge is 2.45. The molecule has 2 aliphatic rings. The second-order valence-electron chi connectivity index (χ2n) is 5.90. The molecule has 1 aromatic rings. The van der Waals surface area contributed by atoms with Crippen LogP contribution < -0.4 is 0 Å². The molecule has 21 heavy (non-hydrogen) atoms. The third kappa shape index (κ3) is 2.45. The monoisotopic (exact) mass is 326 g/mol. The lowest BCUT2D eigenvalue weighted by Crippen LogP contribution is -2.48. The van der Waals surface area contributed by atoms with Crippen LogP contribution in [0.1, 0.15) is 47.7 Å². The molecule has 0 spiro atoms. The zero-order valence-electron chi connectivity index (χ0n) is 12.4. The molecular weight excluding hydrogens is 307 g/mol. The predicted octanol–water partition coefficient (Wildman–Crippen LogP) is 3.69. The van der Waals surface area contributed by atoms with Crippen molar-refractivity contribution in [3.05, 3.63) is 33.8 Å².